The molecule has 2 unspecified atom stereocenters. The highest BCUT2D eigenvalue weighted by atomic mass is 16.5. The number of rotatable bonds is 4. The molecule has 4 rings (SSSR count). The molecule has 2 fully saturated rings. The van der Waals surface area contributed by atoms with E-state index in [2.05, 4.69) is 41.7 Å². The van der Waals surface area contributed by atoms with E-state index in [0.29, 0.717) is 5.92 Å². The topological polar surface area (TPSA) is 41.6 Å². The van der Waals surface area contributed by atoms with Gasteiger partial charge in [0.05, 0.1) is 7.11 Å². The van der Waals surface area contributed by atoms with Crippen molar-refractivity contribution < 1.29 is 9.53 Å². The third-order valence-electron chi connectivity index (χ3n) is 5.48. The monoisotopic (exact) mass is 362 g/mol. The Morgan fingerprint density at radius 2 is 1.89 bits per heavy atom. The Bertz CT molecular complexity index is 821. The number of carbonyl (C=O) groups excluding carboxylic acids is 1. The molecule has 1 heterocycles. The molecule has 1 aliphatic carbocycles. The Labute approximate surface area is 160 Å². The Balaban J connectivity index is 1.28. The predicted octanol–water partition coefficient (Wildman–Crippen LogP) is 4.44. The van der Waals surface area contributed by atoms with Gasteiger partial charge in [-0.05, 0) is 42.5 Å². The second-order valence-corrected chi connectivity index (χ2v) is 7.38. The van der Waals surface area contributed by atoms with Gasteiger partial charge in [-0.15, -0.1) is 0 Å². The van der Waals surface area contributed by atoms with Gasteiger partial charge in [0, 0.05) is 25.0 Å². The lowest BCUT2D eigenvalue weighted by atomic mass is 10.0. The molecule has 2 atom stereocenters. The average molecular weight is 362 g/mol. The maximum absolute atomic E-state index is 12.6. The number of hydrogen-bond donors (Lipinski definition) is 1. The molecule has 2 amide bonds. The molecule has 27 heavy (non-hydrogen) atoms. The summed E-state index contributed by atoms with van der Waals surface area (Å²) in [7, 11) is 1.69. The summed E-state index contributed by atoms with van der Waals surface area (Å²) in [4.78, 5) is 14.5. The summed E-state index contributed by atoms with van der Waals surface area (Å²) in [5.74, 6) is 1.35. The van der Waals surface area contributed by atoms with Crippen LogP contribution in [0.2, 0.25) is 0 Å². The lowest BCUT2D eigenvalue weighted by Gasteiger charge is -2.28. The van der Waals surface area contributed by atoms with Crippen LogP contribution in [0.5, 0.6) is 5.75 Å². The Morgan fingerprint density at radius 1 is 1.11 bits per heavy atom. The Kier molecular flexibility index (Phi) is 5.14. The Morgan fingerprint density at radius 3 is 2.63 bits per heavy atom. The molecule has 4 nitrogen and oxygen atoms in total. The predicted molar refractivity (Wildman–Crippen MR) is 108 cm³/mol. The first-order chi connectivity index (χ1) is 13.2. The lowest BCUT2D eigenvalue weighted by Crippen LogP contribution is -2.44. The number of likely N-dealkylation sites (tertiary alicyclic amines) is 1. The molecule has 4 heteroatoms. The molecule has 140 valence electrons. The summed E-state index contributed by atoms with van der Waals surface area (Å²) in [6.07, 6.45) is 5.13. The number of nitrogens with one attached hydrogen (secondary N) is 1. The van der Waals surface area contributed by atoms with Gasteiger partial charge in [-0.25, -0.2) is 4.79 Å². The zero-order valence-electron chi connectivity index (χ0n) is 15.7. The van der Waals surface area contributed by atoms with Gasteiger partial charge in [0.25, 0.3) is 0 Å². The van der Waals surface area contributed by atoms with Gasteiger partial charge in [0.1, 0.15) is 5.75 Å². The highest BCUT2D eigenvalue weighted by molar-refractivity contribution is 5.75. The minimum absolute atomic E-state index is 0.0823. The maximum atomic E-state index is 12.6. The smallest absolute Gasteiger partial charge is 0.317 e. The molecule has 2 aromatic carbocycles. The molecule has 1 aliphatic heterocycles. The zero-order chi connectivity index (χ0) is 18.6. The lowest BCUT2D eigenvalue weighted by molar-refractivity contribution is 0.193. The fourth-order valence-electron chi connectivity index (χ4n) is 3.78. The van der Waals surface area contributed by atoms with Gasteiger partial charge in [0.15, 0.2) is 0 Å². The van der Waals surface area contributed by atoms with E-state index in [1.807, 2.05) is 29.2 Å². The van der Waals surface area contributed by atoms with Gasteiger partial charge >= 0.3 is 6.03 Å². The molecule has 0 bridgehead atoms. The number of nitrogens with zero attached hydrogens (tertiary/aromatic N) is 1. The van der Waals surface area contributed by atoms with Crippen molar-refractivity contribution in [2.24, 2.45) is 0 Å². The van der Waals surface area contributed by atoms with Crippen LogP contribution >= 0.6 is 0 Å². The van der Waals surface area contributed by atoms with Crippen LogP contribution in [0.3, 0.4) is 0 Å². The van der Waals surface area contributed by atoms with Crippen molar-refractivity contribution in [1.29, 1.82) is 0 Å². The van der Waals surface area contributed by atoms with Crippen LogP contribution in [-0.4, -0.2) is 37.2 Å². The van der Waals surface area contributed by atoms with Gasteiger partial charge < -0.3 is 15.0 Å². The number of urea groups is 1. The van der Waals surface area contributed by atoms with Crippen molar-refractivity contribution >= 4 is 12.1 Å². The summed E-state index contributed by atoms with van der Waals surface area (Å²) in [6, 6.07) is 18.9. The summed E-state index contributed by atoms with van der Waals surface area (Å²) < 4.78 is 5.29. The SMILES string of the molecule is COc1cccc(C=C2CCN(C(=O)NC3CC3c3ccccc3)CC2)c1. The van der Waals surface area contributed by atoms with Crippen LogP contribution < -0.4 is 10.1 Å². The fraction of sp³-hybridized carbons (Fsp3) is 0.348. The number of amides is 2. The third kappa shape index (κ3) is 4.33. The normalized spacial score (nSPS) is 21.5. The first kappa shape index (κ1) is 17.7. The molecule has 0 spiro atoms. The molecule has 0 aromatic heterocycles. The molecule has 2 aromatic rings. The summed E-state index contributed by atoms with van der Waals surface area (Å²) in [5.41, 5.74) is 3.87. The second kappa shape index (κ2) is 7.87. The standard InChI is InChI=1S/C23H26N2O2/c1-27-20-9-5-6-18(15-20)14-17-10-12-25(13-11-17)23(26)24-22-16-21(22)19-7-3-2-4-8-19/h2-9,14-15,21-22H,10-13,16H2,1H3,(H,24,26). The summed E-state index contributed by atoms with van der Waals surface area (Å²) >= 11 is 0. The van der Waals surface area contributed by atoms with Crippen LogP contribution in [0.4, 0.5) is 4.79 Å². The third-order valence-corrected chi connectivity index (χ3v) is 5.48. The molecule has 1 saturated heterocycles. The number of benzene rings is 2. The van der Waals surface area contributed by atoms with Crippen LogP contribution in [0, 0.1) is 0 Å². The van der Waals surface area contributed by atoms with Crippen LogP contribution in [0.1, 0.15) is 36.3 Å². The molecule has 2 aliphatic rings. The fourth-order valence-corrected chi connectivity index (χ4v) is 3.78. The number of methoxy groups -OCH3 is 1. The first-order valence-corrected chi connectivity index (χ1v) is 9.67. The van der Waals surface area contributed by atoms with Crippen molar-refractivity contribution in [2.45, 2.75) is 31.2 Å². The van der Waals surface area contributed by atoms with Crippen LogP contribution in [0.25, 0.3) is 6.08 Å². The maximum Gasteiger partial charge on any atom is 0.317 e. The average Bonchev–Trinajstić information content (AvgIpc) is 3.48. The van der Waals surface area contributed by atoms with Crippen molar-refractivity contribution in [2.75, 3.05) is 20.2 Å². The minimum atomic E-state index is 0.0823. The van der Waals surface area contributed by atoms with E-state index in [9.17, 15) is 4.79 Å². The van der Waals surface area contributed by atoms with Crippen LogP contribution in [-0.2, 0) is 0 Å². The van der Waals surface area contributed by atoms with E-state index in [1.54, 1.807) is 7.11 Å². The largest absolute Gasteiger partial charge is 0.497 e. The summed E-state index contributed by atoms with van der Waals surface area (Å²) in [5, 5.41) is 3.20. The van der Waals surface area contributed by atoms with E-state index >= 15 is 0 Å². The molecule has 0 radical (unpaired) electrons. The zero-order valence-corrected chi connectivity index (χ0v) is 15.7. The second-order valence-electron chi connectivity index (χ2n) is 7.38. The highest BCUT2D eigenvalue weighted by Gasteiger charge is 2.40. The van der Waals surface area contributed by atoms with Crippen molar-refractivity contribution in [1.82, 2.24) is 10.2 Å². The van der Waals surface area contributed by atoms with E-state index in [1.165, 1.54) is 11.1 Å². The van der Waals surface area contributed by atoms with Gasteiger partial charge in [-0.3, -0.25) is 0 Å². The first-order valence-electron chi connectivity index (χ1n) is 9.67. The van der Waals surface area contributed by atoms with Crippen molar-refractivity contribution in [3.8, 4) is 5.75 Å². The molecular weight excluding hydrogens is 336 g/mol. The van der Waals surface area contributed by atoms with Crippen LogP contribution in [0.15, 0.2) is 60.2 Å². The van der Waals surface area contributed by atoms with Gasteiger partial charge in [-0.2, -0.15) is 0 Å². The quantitative estimate of drug-likeness (QED) is 0.874. The van der Waals surface area contributed by atoms with Gasteiger partial charge in [-0.1, -0.05) is 54.1 Å². The van der Waals surface area contributed by atoms with E-state index in [4.69, 9.17) is 4.74 Å². The number of carbonyl (C=O) groups is 1. The molecule has 1 saturated carbocycles. The number of hydrogen-bond acceptors (Lipinski definition) is 2. The Hall–Kier alpha value is -2.75. The highest BCUT2D eigenvalue weighted by Crippen LogP contribution is 2.40. The number of ether oxygens (including phenoxy) is 1. The number of piperidine rings is 1. The molecule has 1 N–H and O–H groups in total. The van der Waals surface area contributed by atoms with Crippen molar-refractivity contribution in [3.63, 3.8) is 0 Å². The minimum Gasteiger partial charge on any atom is -0.497 e. The van der Waals surface area contributed by atoms with E-state index in [-0.39, 0.29) is 12.1 Å². The van der Waals surface area contributed by atoms with E-state index in [0.717, 1.165) is 43.7 Å². The van der Waals surface area contributed by atoms with E-state index < -0.39 is 0 Å². The summed E-state index contributed by atoms with van der Waals surface area (Å²) in [6.45, 7) is 1.56. The van der Waals surface area contributed by atoms with Crippen molar-refractivity contribution in [3.05, 3.63) is 71.3 Å². The molecular formula is C23H26N2O2. The van der Waals surface area contributed by atoms with Gasteiger partial charge in [0.2, 0.25) is 0 Å².